The molecule has 0 fully saturated rings. The quantitative estimate of drug-likeness (QED) is 0.461. The van der Waals surface area contributed by atoms with Gasteiger partial charge in [0.15, 0.2) is 5.96 Å². The van der Waals surface area contributed by atoms with Crippen molar-refractivity contribution < 1.29 is 0 Å². The summed E-state index contributed by atoms with van der Waals surface area (Å²) in [5.41, 5.74) is 2.90. The second kappa shape index (κ2) is 8.53. The molecule has 0 saturated carbocycles. The lowest BCUT2D eigenvalue weighted by atomic mass is 10.0. The first kappa shape index (κ1) is 17.3. The first-order chi connectivity index (χ1) is 10.4. The maximum atomic E-state index is 4.44. The molecular weight excluding hydrogens is 405 g/mol. The van der Waals surface area contributed by atoms with Crippen LogP contribution in [0.5, 0.6) is 0 Å². The molecule has 1 aliphatic rings. The lowest BCUT2D eigenvalue weighted by Gasteiger charge is -2.31. The molecule has 2 heterocycles. The van der Waals surface area contributed by atoms with E-state index in [9.17, 15) is 0 Å². The van der Waals surface area contributed by atoms with E-state index in [0.717, 1.165) is 38.4 Å². The van der Waals surface area contributed by atoms with E-state index in [1.165, 1.54) is 16.0 Å². The fourth-order valence-electron chi connectivity index (χ4n) is 2.76. The van der Waals surface area contributed by atoms with Gasteiger partial charge in [0.05, 0.1) is 0 Å². The summed E-state index contributed by atoms with van der Waals surface area (Å²) in [5, 5.41) is 5.62. The van der Waals surface area contributed by atoms with Crippen LogP contribution < -0.4 is 5.32 Å². The van der Waals surface area contributed by atoms with Gasteiger partial charge in [0.25, 0.3) is 0 Å². The number of nitrogens with one attached hydrogen (secondary N) is 1. The average Bonchev–Trinajstić information content (AvgIpc) is 3.04. The molecule has 1 aromatic heterocycles. The summed E-state index contributed by atoms with van der Waals surface area (Å²) in [6.07, 6.45) is 2.16. The molecule has 1 aliphatic heterocycles. The van der Waals surface area contributed by atoms with Gasteiger partial charge in [-0.15, -0.1) is 35.3 Å². The fraction of sp³-hybridized carbons (Fsp3) is 0.353. The molecule has 22 heavy (non-hydrogen) atoms. The molecule has 3 nitrogen and oxygen atoms in total. The second-order valence-electron chi connectivity index (χ2n) is 5.24. The molecule has 0 atom stereocenters. The largest absolute Gasteiger partial charge is 0.356 e. The number of benzene rings is 1. The van der Waals surface area contributed by atoms with E-state index in [-0.39, 0.29) is 24.0 Å². The van der Waals surface area contributed by atoms with Crippen molar-refractivity contribution in [3.8, 4) is 0 Å². The number of hydrogen-bond acceptors (Lipinski definition) is 2. The SMILES string of the molecule is CN=C(NCCc1cccs1)N1CCc2ccccc2C1.I. The predicted octanol–water partition coefficient (Wildman–Crippen LogP) is 3.54. The number of aliphatic imine (C=N–C) groups is 1. The van der Waals surface area contributed by atoms with Gasteiger partial charge >= 0.3 is 0 Å². The van der Waals surface area contributed by atoms with E-state index in [2.05, 4.69) is 57.0 Å². The zero-order valence-electron chi connectivity index (χ0n) is 12.8. The lowest BCUT2D eigenvalue weighted by molar-refractivity contribution is 0.379. The molecule has 0 saturated heterocycles. The Morgan fingerprint density at radius 2 is 2.05 bits per heavy atom. The zero-order chi connectivity index (χ0) is 14.5. The minimum Gasteiger partial charge on any atom is -0.356 e. The molecule has 0 aliphatic carbocycles. The van der Waals surface area contributed by atoms with Crippen LogP contribution in [0, 0.1) is 0 Å². The third-order valence-electron chi connectivity index (χ3n) is 3.88. The van der Waals surface area contributed by atoms with Crippen molar-refractivity contribution in [1.82, 2.24) is 10.2 Å². The predicted molar refractivity (Wildman–Crippen MR) is 105 cm³/mol. The number of thiophene rings is 1. The van der Waals surface area contributed by atoms with E-state index in [0.29, 0.717) is 0 Å². The summed E-state index contributed by atoms with van der Waals surface area (Å²) in [4.78, 5) is 8.20. The summed E-state index contributed by atoms with van der Waals surface area (Å²) >= 11 is 1.81. The first-order valence-corrected chi connectivity index (χ1v) is 8.29. The van der Waals surface area contributed by atoms with Gasteiger partial charge in [0, 0.05) is 31.6 Å². The Kier molecular flexibility index (Phi) is 6.70. The van der Waals surface area contributed by atoms with Gasteiger partial charge in [-0.25, -0.2) is 0 Å². The molecule has 0 spiro atoms. The smallest absolute Gasteiger partial charge is 0.193 e. The molecular formula is C17H22IN3S. The minimum atomic E-state index is 0. The van der Waals surface area contributed by atoms with E-state index < -0.39 is 0 Å². The normalized spacial score (nSPS) is 14.2. The lowest BCUT2D eigenvalue weighted by Crippen LogP contribution is -2.44. The molecule has 2 aromatic rings. The highest BCUT2D eigenvalue weighted by atomic mass is 127. The third-order valence-corrected chi connectivity index (χ3v) is 4.81. The molecule has 0 radical (unpaired) electrons. The standard InChI is InChI=1S/C17H21N3S.HI/c1-18-17(19-10-8-16-7-4-12-21-16)20-11-9-14-5-2-3-6-15(14)13-20;/h2-7,12H,8-11,13H2,1H3,(H,18,19);1H. The Balaban J connectivity index is 0.00000176. The zero-order valence-corrected chi connectivity index (χ0v) is 15.9. The Morgan fingerprint density at radius 1 is 1.23 bits per heavy atom. The average molecular weight is 427 g/mol. The number of nitrogens with zero attached hydrogens (tertiary/aromatic N) is 2. The Hall–Kier alpha value is -1.08. The van der Waals surface area contributed by atoms with Crippen molar-refractivity contribution >= 4 is 41.3 Å². The van der Waals surface area contributed by atoms with E-state index >= 15 is 0 Å². The fourth-order valence-corrected chi connectivity index (χ4v) is 3.47. The van der Waals surface area contributed by atoms with E-state index in [4.69, 9.17) is 0 Å². The van der Waals surface area contributed by atoms with Crippen LogP contribution in [-0.4, -0.2) is 31.0 Å². The van der Waals surface area contributed by atoms with Crippen molar-refractivity contribution in [1.29, 1.82) is 0 Å². The van der Waals surface area contributed by atoms with Gasteiger partial charge in [-0.05, 0) is 35.4 Å². The van der Waals surface area contributed by atoms with E-state index in [1.54, 1.807) is 0 Å². The van der Waals surface area contributed by atoms with Crippen molar-refractivity contribution in [2.45, 2.75) is 19.4 Å². The summed E-state index contributed by atoms with van der Waals surface area (Å²) in [6.45, 7) is 2.93. The maximum Gasteiger partial charge on any atom is 0.193 e. The third kappa shape index (κ3) is 4.23. The first-order valence-electron chi connectivity index (χ1n) is 7.41. The number of halogens is 1. The number of fused-ring (bicyclic) bond motifs is 1. The maximum absolute atomic E-state index is 4.44. The minimum absolute atomic E-state index is 0. The van der Waals surface area contributed by atoms with Crippen molar-refractivity contribution in [3.63, 3.8) is 0 Å². The molecule has 0 unspecified atom stereocenters. The van der Waals surface area contributed by atoms with Gasteiger partial charge < -0.3 is 10.2 Å². The van der Waals surface area contributed by atoms with Gasteiger partial charge in [-0.1, -0.05) is 30.3 Å². The van der Waals surface area contributed by atoms with Crippen LogP contribution in [0.15, 0.2) is 46.8 Å². The van der Waals surface area contributed by atoms with E-state index in [1.807, 2.05) is 18.4 Å². The molecule has 1 N–H and O–H groups in total. The topological polar surface area (TPSA) is 27.6 Å². The van der Waals surface area contributed by atoms with Crippen molar-refractivity contribution in [3.05, 3.63) is 57.8 Å². The van der Waals surface area contributed by atoms with Gasteiger partial charge in [0.2, 0.25) is 0 Å². The summed E-state index contributed by atoms with van der Waals surface area (Å²) in [7, 11) is 1.87. The highest BCUT2D eigenvalue weighted by Gasteiger charge is 2.18. The highest BCUT2D eigenvalue weighted by Crippen LogP contribution is 2.18. The van der Waals surface area contributed by atoms with Crippen LogP contribution in [0.4, 0.5) is 0 Å². The van der Waals surface area contributed by atoms with Crippen LogP contribution in [-0.2, 0) is 19.4 Å². The van der Waals surface area contributed by atoms with Crippen LogP contribution in [0.3, 0.4) is 0 Å². The number of rotatable bonds is 3. The molecule has 1 aromatic carbocycles. The molecule has 5 heteroatoms. The molecule has 0 bridgehead atoms. The van der Waals surface area contributed by atoms with Crippen LogP contribution in [0.1, 0.15) is 16.0 Å². The van der Waals surface area contributed by atoms with Crippen molar-refractivity contribution in [2.24, 2.45) is 4.99 Å². The summed E-state index contributed by atoms with van der Waals surface area (Å²) in [5.74, 6) is 1.01. The number of guanidine groups is 1. The molecule has 118 valence electrons. The second-order valence-corrected chi connectivity index (χ2v) is 6.28. The Bertz CT molecular complexity index is 610. The molecule has 3 rings (SSSR count). The van der Waals surface area contributed by atoms with Gasteiger partial charge in [0.1, 0.15) is 0 Å². The Labute approximate surface area is 153 Å². The van der Waals surface area contributed by atoms with Crippen molar-refractivity contribution in [2.75, 3.05) is 20.1 Å². The van der Waals surface area contributed by atoms with Crippen LogP contribution in [0.2, 0.25) is 0 Å². The van der Waals surface area contributed by atoms with Crippen LogP contribution in [0.25, 0.3) is 0 Å². The van der Waals surface area contributed by atoms with Gasteiger partial charge in [-0.3, -0.25) is 4.99 Å². The monoisotopic (exact) mass is 427 g/mol. The Morgan fingerprint density at radius 3 is 2.77 bits per heavy atom. The van der Waals surface area contributed by atoms with Crippen LogP contribution >= 0.6 is 35.3 Å². The molecule has 0 amide bonds. The number of hydrogen-bond donors (Lipinski definition) is 1. The summed E-state index contributed by atoms with van der Waals surface area (Å²) < 4.78 is 0. The van der Waals surface area contributed by atoms with Gasteiger partial charge in [-0.2, -0.15) is 0 Å². The highest BCUT2D eigenvalue weighted by molar-refractivity contribution is 14.0. The summed E-state index contributed by atoms with van der Waals surface area (Å²) in [6, 6.07) is 13.0.